The van der Waals surface area contributed by atoms with Gasteiger partial charge in [-0.25, -0.2) is 0 Å². The minimum Gasteiger partial charge on any atom is -0.340 e. The molecule has 1 aliphatic rings. The van der Waals surface area contributed by atoms with Gasteiger partial charge >= 0.3 is 0 Å². The van der Waals surface area contributed by atoms with Crippen LogP contribution in [-0.2, 0) is 5.54 Å². The van der Waals surface area contributed by atoms with Crippen LogP contribution in [0.2, 0.25) is 5.02 Å². The summed E-state index contributed by atoms with van der Waals surface area (Å²) in [7, 11) is 0. The van der Waals surface area contributed by atoms with Crippen LogP contribution in [0.5, 0.6) is 0 Å². The number of nitrogens with two attached hydrogens (primary N) is 1. The Labute approximate surface area is 145 Å². The average Bonchev–Trinajstić information content (AvgIpc) is 3.00. The number of nitrogens with zero attached hydrogens (tertiary/aromatic N) is 2. The first-order valence-electron chi connectivity index (χ1n) is 8.08. The minimum atomic E-state index is -0.483. The van der Waals surface area contributed by atoms with Gasteiger partial charge in [0.05, 0.1) is 5.54 Å². The Morgan fingerprint density at radius 3 is 2.54 bits per heavy atom. The largest absolute Gasteiger partial charge is 0.340 e. The van der Waals surface area contributed by atoms with E-state index in [-0.39, 0.29) is 17.9 Å². The van der Waals surface area contributed by atoms with Crippen LogP contribution >= 0.6 is 11.6 Å². The molecular formula is C17H21ClN4O2. The predicted molar refractivity (Wildman–Crippen MR) is 90.5 cm³/mol. The standard InChI is InChI=1S/C17H21ClN4O2/c1-10(2)13(20-14(23)11-4-6-12(18)7-5-11)15-21-16(22-24-15)17(19)8-3-9-17/h4-7,10,13H,3,8-9,19H2,1-2H3,(H,20,23). The van der Waals surface area contributed by atoms with E-state index in [1.54, 1.807) is 24.3 Å². The molecule has 0 aliphatic heterocycles. The van der Waals surface area contributed by atoms with Gasteiger partial charge in [0.15, 0.2) is 5.82 Å². The molecule has 1 amide bonds. The molecular weight excluding hydrogens is 328 g/mol. The molecule has 0 bridgehead atoms. The zero-order valence-corrected chi connectivity index (χ0v) is 14.5. The fourth-order valence-corrected chi connectivity index (χ4v) is 2.81. The molecule has 1 unspecified atom stereocenters. The van der Waals surface area contributed by atoms with Gasteiger partial charge in [-0.05, 0) is 49.4 Å². The quantitative estimate of drug-likeness (QED) is 0.865. The molecule has 7 heteroatoms. The number of amides is 1. The Hall–Kier alpha value is -1.92. The van der Waals surface area contributed by atoms with Crippen molar-refractivity contribution in [1.82, 2.24) is 15.5 Å². The van der Waals surface area contributed by atoms with Gasteiger partial charge in [0.1, 0.15) is 6.04 Å². The number of benzene rings is 1. The van der Waals surface area contributed by atoms with Crippen molar-refractivity contribution < 1.29 is 9.32 Å². The maximum atomic E-state index is 12.4. The lowest BCUT2D eigenvalue weighted by Gasteiger charge is -2.34. The number of aromatic nitrogens is 2. The number of hydrogen-bond acceptors (Lipinski definition) is 5. The highest BCUT2D eigenvalue weighted by atomic mass is 35.5. The van der Waals surface area contributed by atoms with E-state index in [1.807, 2.05) is 13.8 Å². The third-order valence-corrected chi connectivity index (χ3v) is 4.71. The molecule has 1 atom stereocenters. The molecule has 3 rings (SSSR count). The zero-order chi connectivity index (χ0) is 17.3. The molecule has 1 aromatic heterocycles. The molecule has 6 nitrogen and oxygen atoms in total. The molecule has 1 aliphatic carbocycles. The topological polar surface area (TPSA) is 94.0 Å². The molecule has 1 aromatic carbocycles. The lowest BCUT2D eigenvalue weighted by atomic mass is 9.77. The predicted octanol–water partition coefficient (Wildman–Crippen LogP) is 3.19. The van der Waals surface area contributed by atoms with Crippen molar-refractivity contribution in [3.63, 3.8) is 0 Å². The summed E-state index contributed by atoms with van der Waals surface area (Å²) in [6.45, 7) is 3.97. The van der Waals surface area contributed by atoms with E-state index in [9.17, 15) is 4.79 Å². The number of carbonyl (C=O) groups is 1. The summed E-state index contributed by atoms with van der Waals surface area (Å²) in [5.74, 6) is 0.787. The fourth-order valence-electron chi connectivity index (χ4n) is 2.68. The van der Waals surface area contributed by atoms with Crippen LogP contribution in [0.3, 0.4) is 0 Å². The Morgan fingerprint density at radius 1 is 1.33 bits per heavy atom. The summed E-state index contributed by atoms with van der Waals surface area (Å²) in [6.07, 6.45) is 2.78. The van der Waals surface area contributed by atoms with Crippen molar-refractivity contribution in [1.29, 1.82) is 0 Å². The molecule has 2 aromatic rings. The third-order valence-electron chi connectivity index (χ3n) is 4.46. The van der Waals surface area contributed by atoms with Crippen LogP contribution in [0, 0.1) is 5.92 Å². The van der Waals surface area contributed by atoms with Crippen LogP contribution in [0.1, 0.15) is 61.2 Å². The lowest BCUT2D eigenvalue weighted by molar-refractivity contribution is 0.0914. The van der Waals surface area contributed by atoms with Gasteiger partial charge in [-0.15, -0.1) is 0 Å². The van der Waals surface area contributed by atoms with Crippen molar-refractivity contribution in [3.8, 4) is 0 Å². The Kier molecular flexibility index (Phi) is 4.60. The highest BCUT2D eigenvalue weighted by Gasteiger charge is 2.39. The van der Waals surface area contributed by atoms with Gasteiger partial charge in [-0.1, -0.05) is 30.6 Å². The molecule has 3 N–H and O–H groups in total. The maximum absolute atomic E-state index is 12.4. The Morgan fingerprint density at radius 2 is 2.00 bits per heavy atom. The van der Waals surface area contributed by atoms with Crippen LogP contribution < -0.4 is 11.1 Å². The van der Waals surface area contributed by atoms with Crippen LogP contribution in [0.25, 0.3) is 0 Å². The van der Waals surface area contributed by atoms with E-state index < -0.39 is 5.54 Å². The number of hydrogen-bond donors (Lipinski definition) is 2. The highest BCUT2D eigenvalue weighted by molar-refractivity contribution is 6.30. The normalized spacial score (nSPS) is 17.4. The first-order valence-corrected chi connectivity index (χ1v) is 8.46. The molecule has 0 spiro atoms. The maximum Gasteiger partial charge on any atom is 0.251 e. The number of nitrogens with one attached hydrogen (secondary N) is 1. The third kappa shape index (κ3) is 3.30. The second kappa shape index (κ2) is 6.53. The summed E-state index contributed by atoms with van der Waals surface area (Å²) in [5, 5.41) is 7.56. The van der Waals surface area contributed by atoms with E-state index >= 15 is 0 Å². The van der Waals surface area contributed by atoms with Crippen molar-refractivity contribution in [2.75, 3.05) is 0 Å². The smallest absolute Gasteiger partial charge is 0.251 e. The van der Waals surface area contributed by atoms with E-state index in [4.69, 9.17) is 21.9 Å². The van der Waals surface area contributed by atoms with E-state index in [0.29, 0.717) is 22.3 Å². The van der Waals surface area contributed by atoms with Crippen molar-refractivity contribution in [2.45, 2.75) is 44.7 Å². The second-order valence-electron chi connectivity index (χ2n) is 6.67. The number of carbonyl (C=O) groups excluding carboxylic acids is 1. The number of rotatable bonds is 5. The van der Waals surface area contributed by atoms with E-state index in [0.717, 1.165) is 19.3 Å². The fraction of sp³-hybridized carbons (Fsp3) is 0.471. The van der Waals surface area contributed by atoms with Gasteiger partial charge in [0, 0.05) is 10.6 Å². The minimum absolute atomic E-state index is 0.0877. The summed E-state index contributed by atoms with van der Waals surface area (Å²) >= 11 is 5.86. The van der Waals surface area contributed by atoms with E-state index in [2.05, 4.69) is 15.5 Å². The van der Waals surface area contributed by atoms with Crippen LogP contribution in [-0.4, -0.2) is 16.0 Å². The molecule has 128 valence electrons. The average molecular weight is 349 g/mol. The Bertz CT molecular complexity index is 722. The summed E-state index contributed by atoms with van der Waals surface area (Å²) in [6, 6.07) is 6.34. The van der Waals surface area contributed by atoms with Crippen molar-refractivity contribution in [2.24, 2.45) is 11.7 Å². The first-order chi connectivity index (χ1) is 11.4. The molecule has 0 radical (unpaired) electrons. The van der Waals surface area contributed by atoms with Gasteiger partial charge < -0.3 is 15.6 Å². The molecule has 0 saturated heterocycles. The molecule has 1 fully saturated rings. The summed E-state index contributed by atoms with van der Waals surface area (Å²) in [4.78, 5) is 16.9. The van der Waals surface area contributed by atoms with Crippen LogP contribution in [0.15, 0.2) is 28.8 Å². The monoisotopic (exact) mass is 348 g/mol. The van der Waals surface area contributed by atoms with E-state index in [1.165, 1.54) is 0 Å². The summed E-state index contributed by atoms with van der Waals surface area (Å²) in [5.41, 5.74) is 6.28. The van der Waals surface area contributed by atoms with Crippen LogP contribution in [0.4, 0.5) is 0 Å². The van der Waals surface area contributed by atoms with Crippen molar-refractivity contribution in [3.05, 3.63) is 46.6 Å². The van der Waals surface area contributed by atoms with Gasteiger partial charge in [-0.3, -0.25) is 4.79 Å². The Balaban J connectivity index is 1.77. The molecule has 1 heterocycles. The van der Waals surface area contributed by atoms with Gasteiger partial charge in [0.25, 0.3) is 5.91 Å². The zero-order valence-electron chi connectivity index (χ0n) is 13.8. The van der Waals surface area contributed by atoms with Crippen molar-refractivity contribution >= 4 is 17.5 Å². The lowest BCUT2D eigenvalue weighted by Crippen LogP contribution is -2.44. The van der Waals surface area contributed by atoms with Gasteiger partial charge in [0.2, 0.25) is 5.89 Å². The summed E-state index contributed by atoms with van der Waals surface area (Å²) < 4.78 is 5.39. The number of halogens is 1. The first kappa shape index (κ1) is 16.9. The van der Waals surface area contributed by atoms with Gasteiger partial charge in [-0.2, -0.15) is 4.98 Å². The SMILES string of the molecule is CC(C)C(NC(=O)c1ccc(Cl)cc1)c1nc(C2(N)CCC2)no1. The molecule has 1 saturated carbocycles. The molecule has 24 heavy (non-hydrogen) atoms. The second-order valence-corrected chi connectivity index (χ2v) is 7.10. The highest BCUT2D eigenvalue weighted by Crippen LogP contribution is 2.37.